The Balaban J connectivity index is 2.50. The highest BCUT2D eigenvalue weighted by Crippen LogP contribution is 2.05. The van der Waals surface area contributed by atoms with Crippen LogP contribution in [-0.4, -0.2) is 27.3 Å². The molecule has 1 aromatic heterocycles. The van der Waals surface area contributed by atoms with E-state index < -0.39 is 6.10 Å². The quantitative estimate of drug-likeness (QED) is 0.701. The molecule has 3 N–H and O–H groups in total. The summed E-state index contributed by atoms with van der Waals surface area (Å²) in [5, 5.41) is 9.26. The summed E-state index contributed by atoms with van der Waals surface area (Å²) in [6.07, 6.45) is 2.09. The molecule has 1 heterocycles. The molecular formula is C9H17N3O. The van der Waals surface area contributed by atoms with Crippen molar-refractivity contribution in [1.29, 1.82) is 0 Å². The van der Waals surface area contributed by atoms with Crippen molar-refractivity contribution < 1.29 is 5.11 Å². The zero-order valence-corrected chi connectivity index (χ0v) is 8.20. The summed E-state index contributed by atoms with van der Waals surface area (Å²) in [4.78, 5) is 4.17. The molecule has 0 aromatic carbocycles. The van der Waals surface area contributed by atoms with Gasteiger partial charge in [-0.3, -0.25) is 0 Å². The number of imidazole rings is 1. The fraction of sp³-hybridized carbons (Fsp3) is 0.667. The number of aromatic nitrogens is 2. The van der Waals surface area contributed by atoms with E-state index in [-0.39, 0.29) is 0 Å². The second kappa shape index (κ2) is 4.39. The van der Waals surface area contributed by atoms with E-state index in [0.29, 0.717) is 13.0 Å². The molecule has 4 nitrogen and oxygen atoms in total. The van der Waals surface area contributed by atoms with E-state index in [9.17, 15) is 5.11 Å². The molecule has 74 valence electrons. The first-order valence-corrected chi connectivity index (χ1v) is 4.51. The highest BCUT2D eigenvalue weighted by Gasteiger charge is 2.04. The molecule has 0 amide bonds. The largest absolute Gasteiger partial charge is 0.392 e. The first-order valence-electron chi connectivity index (χ1n) is 4.51. The molecule has 0 fully saturated rings. The molecule has 0 bridgehead atoms. The van der Waals surface area contributed by atoms with Gasteiger partial charge in [-0.25, -0.2) is 4.98 Å². The van der Waals surface area contributed by atoms with Crippen molar-refractivity contribution in [3.8, 4) is 0 Å². The summed E-state index contributed by atoms with van der Waals surface area (Å²) in [7, 11) is 0. The number of hydrogen-bond donors (Lipinski definition) is 2. The molecule has 0 spiro atoms. The number of aliphatic hydroxyl groups excluding tert-OH is 1. The average molecular weight is 183 g/mol. The Morgan fingerprint density at radius 3 is 2.77 bits per heavy atom. The number of hydrogen-bond acceptors (Lipinski definition) is 3. The maximum Gasteiger partial charge on any atom is 0.0951 e. The fourth-order valence-electron chi connectivity index (χ4n) is 1.18. The Morgan fingerprint density at radius 2 is 2.31 bits per heavy atom. The Bertz CT molecular complexity index is 270. The zero-order valence-electron chi connectivity index (χ0n) is 8.20. The molecule has 0 saturated heterocycles. The minimum atomic E-state index is -0.401. The van der Waals surface area contributed by atoms with Crippen molar-refractivity contribution >= 4 is 0 Å². The van der Waals surface area contributed by atoms with E-state index in [1.54, 1.807) is 6.33 Å². The van der Waals surface area contributed by atoms with Crippen molar-refractivity contribution in [3.63, 3.8) is 0 Å². The third-order valence-corrected chi connectivity index (χ3v) is 2.32. The summed E-state index contributed by atoms with van der Waals surface area (Å²) < 4.78 is 2.04. The highest BCUT2D eigenvalue weighted by atomic mass is 16.3. The SMILES string of the molecule is Cc1ncn(CCC(O)CN)c1C. The summed E-state index contributed by atoms with van der Waals surface area (Å²) in [6, 6.07) is 0. The van der Waals surface area contributed by atoms with Crippen LogP contribution in [0.25, 0.3) is 0 Å². The van der Waals surface area contributed by atoms with Gasteiger partial charge in [-0.15, -0.1) is 0 Å². The molecule has 0 aliphatic heterocycles. The second-order valence-electron chi connectivity index (χ2n) is 3.29. The Morgan fingerprint density at radius 1 is 1.62 bits per heavy atom. The minimum Gasteiger partial charge on any atom is -0.392 e. The minimum absolute atomic E-state index is 0.326. The average Bonchev–Trinajstić information content (AvgIpc) is 2.44. The van der Waals surface area contributed by atoms with Gasteiger partial charge >= 0.3 is 0 Å². The van der Waals surface area contributed by atoms with Gasteiger partial charge in [0, 0.05) is 18.8 Å². The van der Waals surface area contributed by atoms with Gasteiger partial charge in [0.1, 0.15) is 0 Å². The van der Waals surface area contributed by atoms with Crippen LogP contribution in [0, 0.1) is 13.8 Å². The standard InChI is InChI=1S/C9H17N3O/c1-7-8(2)12(6-11-7)4-3-9(13)5-10/h6,9,13H,3-5,10H2,1-2H3. The van der Waals surface area contributed by atoms with Gasteiger partial charge in [-0.05, 0) is 20.3 Å². The maximum atomic E-state index is 9.26. The lowest BCUT2D eigenvalue weighted by Crippen LogP contribution is -2.21. The normalized spacial score (nSPS) is 13.2. The van der Waals surface area contributed by atoms with E-state index in [2.05, 4.69) is 4.98 Å². The van der Waals surface area contributed by atoms with Crippen LogP contribution in [0.2, 0.25) is 0 Å². The second-order valence-corrected chi connectivity index (χ2v) is 3.29. The first-order chi connectivity index (χ1) is 6.15. The van der Waals surface area contributed by atoms with Crippen LogP contribution >= 0.6 is 0 Å². The lowest BCUT2D eigenvalue weighted by atomic mass is 10.2. The fourth-order valence-corrected chi connectivity index (χ4v) is 1.18. The van der Waals surface area contributed by atoms with Crippen LogP contribution in [0.1, 0.15) is 17.8 Å². The van der Waals surface area contributed by atoms with Crippen molar-refractivity contribution in [2.75, 3.05) is 6.54 Å². The van der Waals surface area contributed by atoms with Gasteiger partial charge in [-0.1, -0.05) is 0 Å². The van der Waals surface area contributed by atoms with E-state index in [4.69, 9.17) is 5.73 Å². The number of aryl methyl sites for hydroxylation is 2. The van der Waals surface area contributed by atoms with Crippen LogP contribution in [0.3, 0.4) is 0 Å². The zero-order chi connectivity index (χ0) is 9.84. The van der Waals surface area contributed by atoms with Crippen LogP contribution < -0.4 is 5.73 Å². The molecule has 0 radical (unpaired) electrons. The molecular weight excluding hydrogens is 166 g/mol. The van der Waals surface area contributed by atoms with Crippen LogP contribution in [0.5, 0.6) is 0 Å². The number of nitrogens with zero attached hydrogens (tertiary/aromatic N) is 2. The van der Waals surface area contributed by atoms with Crippen molar-refractivity contribution in [1.82, 2.24) is 9.55 Å². The summed E-state index contributed by atoms with van der Waals surface area (Å²) in [5.74, 6) is 0. The third-order valence-electron chi connectivity index (χ3n) is 2.32. The molecule has 0 aliphatic carbocycles. The van der Waals surface area contributed by atoms with E-state index in [1.807, 2.05) is 18.4 Å². The molecule has 13 heavy (non-hydrogen) atoms. The number of rotatable bonds is 4. The molecule has 1 unspecified atom stereocenters. The molecule has 1 aromatic rings. The smallest absolute Gasteiger partial charge is 0.0951 e. The molecule has 1 rings (SSSR count). The Kier molecular flexibility index (Phi) is 3.45. The van der Waals surface area contributed by atoms with E-state index in [1.165, 1.54) is 0 Å². The van der Waals surface area contributed by atoms with Gasteiger partial charge in [0.15, 0.2) is 0 Å². The van der Waals surface area contributed by atoms with Crippen LogP contribution in [0.4, 0.5) is 0 Å². The highest BCUT2D eigenvalue weighted by molar-refractivity contribution is 5.08. The van der Waals surface area contributed by atoms with Crippen LogP contribution in [-0.2, 0) is 6.54 Å². The van der Waals surface area contributed by atoms with Crippen molar-refractivity contribution in [2.24, 2.45) is 5.73 Å². The summed E-state index contributed by atoms with van der Waals surface area (Å²) in [5.41, 5.74) is 7.50. The molecule has 4 heteroatoms. The molecule has 0 saturated carbocycles. The topological polar surface area (TPSA) is 64.1 Å². The van der Waals surface area contributed by atoms with Crippen molar-refractivity contribution in [3.05, 3.63) is 17.7 Å². The van der Waals surface area contributed by atoms with E-state index in [0.717, 1.165) is 17.9 Å². The van der Waals surface area contributed by atoms with E-state index >= 15 is 0 Å². The Hall–Kier alpha value is -0.870. The molecule has 0 aliphatic rings. The first kappa shape index (κ1) is 10.2. The predicted molar refractivity (Wildman–Crippen MR) is 51.4 cm³/mol. The Labute approximate surface area is 78.4 Å². The van der Waals surface area contributed by atoms with Crippen LogP contribution in [0.15, 0.2) is 6.33 Å². The lowest BCUT2D eigenvalue weighted by molar-refractivity contribution is 0.166. The third kappa shape index (κ3) is 2.54. The van der Waals surface area contributed by atoms with Gasteiger partial charge in [0.25, 0.3) is 0 Å². The van der Waals surface area contributed by atoms with Gasteiger partial charge in [0.2, 0.25) is 0 Å². The number of nitrogens with two attached hydrogens (primary N) is 1. The monoisotopic (exact) mass is 183 g/mol. The molecule has 1 atom stereocenters. The number of aliphatic hydroxyl groups is 1. The van der Waals surface area contributed by atoms with Crippen molar-refractivity contribution in [2.45, 2.75) is 32.9 Å². The van der Waals surface area contributed by atoms with Gasteiger partial charge in [0.05, 0.1) is 18.1 Å². The summed E-state index contributed by atoms with van der Waals surface area (Å²) >= 11 is 0. The van der Waals surface area contributed by atoms with Gasteiger partial charge in [-0.2, -0.15) is 0 Å². The predicted octanol–water partition coefficient (Wildman–Crippen LogP) is 0.210. The van der Waals surface area contributed by atoms with Gasteiger partial charge < -0.3 is 15.4 Å². The lowest BCUT2D eigenvalue weighted by Gasteiger charge is -2.09. The summed E-state index contributed by atoms with van der Waals surface area (Å²) in [6.45, 7) is 5.11. The maximum absolute atomic E-state index is 9.26.